The quantitative estimate of drug-likeness (QED) is 0.900. The molecule has 0 aliphatic carbocycles. The summed E-state index contributed by atoms with van der Waals surface area (Å²) in [6, 6.07) is 8.05. The highest BCUT2D eigenvalue weighted by Gasteiger charge is 2.33. The Labute approximate surface area is 126 Å². The van der Waals surface area contributed by atoms with E-state index in [-0.39, 0.29) is 11.9 Å². The summed E-state index contributed by atoms with van der Waals surface area (Å²) in [5.74, 6) is 0.0558. The van der Waals surface area contributed by atoms with Gasteiger partial charge in [-0.15, -0.1) is 0 Å². The summed E-state index contributed by atoms with van der Waals surface area (Å²) in [5.41, 5.74) is 0.362. The van der Waals surface area contributed by atoms with Crippen LogP contribution >= 0.6 is 11.6 Å². The Kier molecular flexibility index (Phi) is 4.71. The topological polar surface area (TPSA) is 41.1 Å². The Hall–Kier alpha value is -1.06. The van der Waals surface area contributed by atoms with E-state index in [1.54, 1.807) is 0 Å². The van der Waals surface area contributed by atoms with E-state index in [1.807, 2.05) is 38.1 Å². The third-order valence-corrected chi connectivity index (χ3v) is 4.43. The van der Waals surface area contributed by atoms with Gasteiger partial charge in [0.2, 0.25) is 5.91 Å². The van der Waals surface area contributed by atoms with Gasteiger partial charge in [-0.3, -0.25) is 4.79 Å². The van der Waals surface area contributed by atoms with Gasteiger partial charge in [0.25, 0.3) is 0 Å². The summed E-state index contributed by atoms with van der Waals surface area (Å²) < 4.78 is 0. The van der Waals surface area contributed by atoms with Gasteiger partial charge < -0.3 is 10.6 Å². The minimum Gasteiger partial charge on any atom is -0.351 e. The number of carbonyl (C=O) groups is 1. The first-order valence-corrected chi connectivity index (χ1v) is 7.59. The van der Waals surface area contributed by atoms with Crippen LogP contribution in [0.15, 0.2) is 24.3 Å². The molecule has 0 aromatic heterocycles. The highest BCUT2D eigenvalue weighted by Crippen LogP contribution is 2.26. The van der Waals surface area contributed by atoms with E-state index in [0.29, 0.717) is 11.1 Å². The molecule has 1 saturated heterocycles. The molecule has 2 rings (SSSR count). The van der Waals surface area contributed by atoms with Gasteiger partial charge in [0.15, 0.2) is 0 Å². The van der Waals surface area contributed by atoms with Crippen molar-refractivity contribution in [1.29, 1.82) is 0 Å². The van der Waals surface area contributed by atoms with Crippen molar-refractivity contribution in [2.75, 3.05) is 6.54 Å². The van der Waals surface area contributed by atoms with Crippen LogP contribution in [0.4, 0.5) is 0 Å². The monoisotopic (exact) mass is 294 g/mol. The Morgan fingerprint density at radius 3 is 2.85 bits per heavy atom. The lowest BCUT2D eigenvalue weighted by Gasteiger charge is -2.34. The molecule has 1 fully saturated rings. The third-order valence-electron chi connectivity index (χ3n) is 4.19. The van der Waals surface area contributed by atoms with E-state index in [9.17, 15) is 4.79 Å². The lowest BCUT2D eigenvalue weighted by molar-refractivity contribution is -0.126. The van der Waals surface area contributed by atoms with Gasteiger partial charge in [-0.1, -0.05) is 23.7 Å². The molecular weight excluding hydrogens is 272 g/mol. The largest absolute Gasteiger partial charge is 0.351 e. The van der Waals surface area contributed by atoms with Gasteiger partial charge in [-0.25, -0.2) is 0 Å². The van der Waals surface area contributed by atoms with Crippen LogP contribution in [-0.2, 0) is 10.2 Å². The maximum Gasteiger partial charge on any atom is 0.230 e. The molecule has 20 heavy (non-hydrogen) atoms. The fourth-order valence-electron chi connectivity index (χ4n) is 2.60. The molecule has 1 aliphatic rings. The number of rotatable bonds is 3. The van der Waals surface area contributed by atoms with Gasteiger partial charge >= 0.3 is 0 Å². The number of amides is 1. The van der Waals surface area contributed by atoms with Crippen molar-refractivity contribution in [3.63, 3.8) is 0 Å². The van der Waals surface area contributed by atoms with E-state index < -0.39 is 5.41 Å². The molecule has 0 spiro atoms. The van der Waals surface area contributed by atoms with E-state index in [2.05, 4.69) is 17.6 Å². The first kappa shape index (κ1) is 15.3. The van der Waals surface area contributed by atoms with E-state index >= 15 is 0 Å². The van der Waals surface area contributed by atoms with Crippen molar-refractivity contribution in [2.45, 2.75) is 51.1 Å². The molecule has 2 unspecified atom stereocenters. The normalized spacial score (nSPS) is 23.4. The Morgan fingerprint density at radius 2 is 2.20 bits per heavy atom. The number of hydrogen-bond donors (Lipinski definition) is 2. The van der Waals surface area contributed by atoms with Crippen molar-refractivity contribution in [1.82, 2.24) is 10.6 Å². The van der Waals surface area contributed by atoms with Crippen molar-refractivity contribution in [2.24, 2.45) is 0 Å². The van der Waals surface area contributed by atoms with Gasteiger partial charge in [-0.2, -0.15) is 0 Å². The van der Waals surface area contributed by atoms with Crippen molar-refractivity contribution < 1.29 is 4.79 Å². The van der Waals surface area contributed by atoms with Crippen molar-refractivity contribution >= 4 is 17.5 Å². The third kappa shape index (κ3) is 3.33. The van der Waals surface area contributed by atoms with Crippen molar-refractivity contribution in [3.8, 4) is 0 Å². The average molecular weight is 295 g/mol. The fraction of sp³-hybridized carbons (Fsp3) is 0.562. The summed E-state index contributed by atoms with van der Waals surface area (Å²) in [5, 5.41) is 7.25. The Morgan fingerprint density at radius 1 is 1.45 bits per heavy atom. The molecule has 4 heteroatoms. The van der Waals surface area contributed by atoms with Crippen LogP contribution in [0.3, 0.4) is 0 Å². The number of halogens is 1. The Balaban J connectivity index is 2.10. The second kappa shape index (κ2) is 6.15. The number of carbonyl (C=O) groups excluding carboxylic acids is 1. The first-order chi connectivity index (χ1) is 9.41. The average Bonchev–Trinajstić information content (AvgIpc) is 2.41. The Bertz CT molecular complexity index is 487. The summed E-state index contributed by atoms with van der Waals surface area (Å²) in [6.45, 7) is 7.03. The molecule has 0 bridgehead atoms. The predicted molar refractivity (Wildman–Crippen MR) is 83.1 cm³/mol. The number of benzene rings is 1. The van der Waals surface area contributed by atoms with Crippen molar-refractivity contribution in [3.05, 3.63) is 34.9 Å². The summed E-state index contributed by atoms with van der Waals surface area (Å²) in [7, 11) is 0. The summed E-state index contributed by atoms with van der Waals surface area (Å²) in [4.78, 5) is 12.6. The molecule has 0 saturated carbocycles. The highest BCUT2D eigenvalue weighted by atomic mass is 35.5. The number of hydrogen-bond acceptors (Lipinski definition) is 2. The predicted octanol–water partition coefficient (Wildman–Crippen LogP) is 2.87. The summed E-state index contributed by atoms with van der Waals surface area (Å²) in [6.07, 6.45) is 2.14. The maximum atomic E-state index is 12.6. The second-order valence-corrected chi connectivity index (χ2v) is 6.54. The van der Waals surface area contributed by atoms with Gasteiger partial charge in [-0.05, 0) is 57.9 Å². The maximum absolute atomic E-state index is 12.6. The van der Waals surface area contributed by atoms with E-state index in [4.69, 9.17) is 11.6 Å². The molecule has 0 radical (unpaired) electrons. The van der Waals surface area contributed by atoms with Crippen LogP contribution < -0.4 is 10.6 Å². The van der Waals surface area contributed by atoms with Crippen LogP contribution in [0.5, 0.6) is 0 Å². The molecule has 2 atom stereocenters. The van der Waals surface area contributed by atoms with Crippen LogP contribution in [0, 0.1) is 0 Å². The zero-order chi connectivity index (χ0) is 14.8. The minimum atomic E-state index is -0.581. The molecule has 110 valence electrons. The SMILES string of the molecule is CC1NCCCC1NC(=O)C(C)(C)c1cccc(Cl)c1. The van der Waals surface area contributed by atoms with E-state index in [1.165, 1.54) is 0 Å². The molecule has 1 aromatic carbocycles. The van der Waals surface area contributed by atoms with Crippen LogP contribution in [-0.4, -0.2) is 24.5 Å². The fourth-order valence-corrected chi connectivity index (χ4v) is 2.79. The molecule has 1 aliphatic heterocycles. The van der Waals surface area contributed by atoms with Crippen LogP contribution in [0.25, 0.3) is 0 Å². The molecular formula is C16H23ClN2O. The standard InChI is InChI=1S/C16H23ClN2O/c1-11-14(8-5-9-18-11)19-15(20)16(2,3)12-6-4-7-13(17)10-12/h4,6-7,10-11,14,18H,5,8-9H2,1-3H3,(H,19,20). The minimum absolute atomic E-state index is 0.0558. The lowest BCUT2D eigenvalue weighted by Crippen LogP contribution is -2.55. The van der Waals surface area contributed by atoms with Crippen LogP contribution in [0.1, 0.15) is 39.2 Å². The van der Waals surface area contributed by atoms with Gasteiger partial charge in [0.05, 0.1) is 5.41 Å². The molecule has 1 aromatic rings. The number of nitrogens with one attached hydrogen (secondary N) is 2. The zero-order valence-electron chi connectivity index (χ0n) is 12.4. The smallest absolute Gasteiger partial charge is 0.230 e. The van der Waals surface area contributed by atoms with Crippen LogP contribution in [0.2, 0.25) is 5.02 Å². The first-order valence-electron chi connectivity index (χ1n) is 7.21. The molecule has 2 N–H and O–H groups in total. The second-order valence-electron chi connectivity index (χ2n) is 6.10. The lowest BCUT2D eigenvalue weighted by atomic mass is 9.83. The van der Waals surface area contributed by atoms with E-state index in [0.717, 1.165) is 24.9 Å². The molecule has 1 heterocycles. The van der Waals surface area contributed by atoms with Gasteiger partial charge in [0, 0.05) is 17.1 Å². The molecule has 1 amide bonds. The number of piperidine rings is 1. The highest BCUT2D eigenvalue weighted by molar-refractivity contribution is 6.30. The summed E-state index contributed by atoms with van der Waals surface area (Å²) >= 11 is 6.03. The molecule has 3 nitrogen and oxygen atoms in total. The van der Waals surface area contributed by atoms with Gasteiger partial charge in [0.1, 0.15) is 0 Å². The zero-order valence-corrected chi connectivity index (χ0v) is 13.1.